The Morgan fingerprint density at radius 2 is 1.23 bits per heavy atom. The second-order valence-corrected chi connectivity index (χ2v) is 12.5. The molecular formula is C37H31Cl2N. The fourth-order valence-corrected chi connectivity index (χ4v) is 6.93. The number of hydrogen-bond donors (Lipinski definition) is 1. The molecule has 7 rings (SSSR count). The minimum atomic E-state index is 0.425. The van der Waals surface area contributed by atoms with Crippen LogP contribution in [0.1, 0.15) is 61.8 Å². The summed E-state index contributed by atoms with van der Waals surface area (Å²) < 4.78 is 0. The number of aromatic amines is 1. The Bertz CT molecular complexity index is 1960. The summed E-state index contributed by atoms with van der Waals surface area (Å²) in [7, 11) is 0. The first-order valence-corrected chi connectivity index (χ1v) is 14.9. The van der Waals surface area contributed by atoms with E-state index in [2.05, 4.69) is 93.3 Å². The van der Waals surface area contributed by atoms with Crippen molar-refractivity contribution in [2.45, 2.75) is 46.0 Å². The quantitative estimate of drug-likeness (QED) is 0.220. The molecular weight excluding hydrogens is 529 g/mol. The van der Waals surface area contributed by atoms with E-state index in [-0.39, 0.29) is 0 Å². The highest BCUT2D eigenvalue weighted by atomic mass is 35.5. The molecule has 1 aliphatic carbocycles. The lowest BCUT2D eigenvalue weighted by molar-refractivity contribution is 0.866. The smallest absolute Gasteiger partial charge is 0.0557 e. The van der Waals surface area contributed by atoms with Gasteiger partial charge in [-0.05, 0) is 81.5 Å². The number of hydrogen-bond acceptors (Lipinski definition) is 0. The highest BCUT2D eigenvalue weighted by Gasteiger charge is 2.32. The molecule has 0 atom stereocenters. The summed E-state index contributed by atoms with van der Waals surface area (Å²) in [5.74, 6) is 0.863. The van der Waals surface area contributed by atoms with Crippen LogP contribution < -0.4 is 0 Å². The van der Waals surface area contributed by atoms with Crippen LogP contribution in [0.2, 0.25) is 10.0 Å². The number of aromatic nitrogens is 1. The maximum absolute atomic E-state index is 6.99. The van der Waals surface area contributed by atoms with Crippen molar-refractivity contribution in [3.05, 3.63) is 117 Å². The lowest BCUT2D eigenvalue weighted by atomic mass is 9.84. The zero-order valence-electron chi connectivity index (χ0n) is 23.2. The van der Waals surface area contributed by atoms with Crippen molar-refractivity contribution in [3.63, 3.8) is 0 Å². The predicted molar refractivity (Wildman–Crippen MR) is 173 cm³/mol. The van der Waals surface area contributed by atoms with Gasteiger partial charge in [-0.25, -0.2) is 0 Å². The van der Waals surface area contributed by atoms with Gasteiger partial charge in [0.05, 0.1) is 5.52 Å². The average molecular weight is 561 g/mol. The highest BCUT2D eigenvalue weighted by Crippen LogP contribution is 2.54. The fourth-order valence-electron chi connectivity index (χ4n) is 6.47. The van der Waals surface area contributed by atoms with Gasteiger partial charge in [0.15, 0.2) is 0 Å². The van der Waals surface area contributed by atoms with E-state index in [0.29, 0.717) is 11.8 Å². The van der Waals surface area contributed by atoms with E-state index < -0.39 is 0 Å². The molecule has 198 valence electrons. The molecule has 0 unspecified atom stereocenters. The summed E-state index contributed by atoms with van der Waals surface area (Å²) in [6, 6.07) is 30.4. The number of halogens is 2. The topological polar surface area (TPSA) is 15.8 Å². The predicted octanol–water partition coefficient (Wildman–Crippen LogP) is 11.8. The van der Waals surface area contributed by atoms with Crippen molar-refractivity contribution in [1.82, 2.24) is 4.98 Å². The molecule has 6 aromatic rings. The average Bonchev–Trinajstić information content (AvgIpc) is 3.51. The molecule has 1 nitrogen and oxygen atoms in total. The molecule has 1 aliphatic rings. The van der Waals surface area contributed by atoms with Crippen LogP contribution in [-0.2, 0) is 6.42 Å². The van der Waals surface area contributed by atoms with Crippen LogP contribution >= 0.6 is 23.2 Å². The van der Waals surface area contributed by atoms with Crippen molar-refractivity contribution in [2.24, 2.45) is 0 Å². The third-order valence-corrected chi connectivity index (χ3v) is 9.23. The van der Waals surface area contributed by atoms with Crippen LogP contribution in [0.25, 0.3) is 55.2 Å². The van der Waals surface area contributed by atoms with Crippen molar-refractivity contribution in [2.75, 3.05) is 0 Å². The summed E-state index contributed by atoms with van der Waals surface area (Å²) >= 11 is 14.0. The van der Waals surface area contributed by atoms with E-state index in [1.807, 2.05) is 24.3 Å². The van der Waals surface area contributed by atoms with Crippen LogP contribution in [0.3, 0.4) is 0 Å². The van der Waals surface area contributed by atoms with Gasteiger partial charge in [0.25, 0.3) is 0 Å². The molecule has 1 N–H and O–H groups in total. The molecule has 1 heterocycles. The third-order valence-electron chi connectivity index (χ3n) is 8.57. The lowest BCUT2D eigenvalue weighted by Gasteiger charge is -2.19. The van der Waals surface area contributed by atoms with Gasteiger partial charge in [-0.1, -0.05) is 112 Å². The second-order valence-electron chi connectivity index (χ2n) is 11.6. The Labute approximate surface area is 245 Å². The maximum Gasteiger partial charge on any atom is 0.0557 e. The summed E-state index contributed by atoms with van der Waals surface area (Å²) in [6.07, 6.45) is 0.855. The Kier molecular flexibility index (Phi) is 6.07. The number of benzene rings is 5. The highest BCUT2D eigenvalue weighted by molar-refractivity contribution is 6.36. The molecule has 3 heteroatoms. The lowest BCUT2D eigenvalue weighted by Crippen LogP contribution is -1.96. The molecule has 0 aliphatic heterocycles. The van der Waals surface area contributed by atoms with Crippen molar-refractivity contribution >= 4 is 45.0 Å². The van der Waals surface area contributed by atoms with Gasteiger partial charge >= 0.3 is 0 Å². The second kappa shape index (κ2) is 9.54. The largest absolute Gasteiger partial charge is 0.354 e. The van der Waals surface area contributed by atoms with Crippen molar-refractivity contribution < 1.29 is 0 Å². The standard InChI is InChI=1S/C37H31Cl2N/c1-20(2)22-13-14-24-19-29-33(25-9-5-7-11-30(25)38)36-28-18-23(21(3)4)15-16-32(28)40-37(36)35(34(29)27(24)17-22)26-10-6-8-12-31(26)39/h5-18,20-21,40H,19H2,1-4H3. The molecule has 0 saturated carbocycles. The Balaban J connectivity index is 1.74. The number of H-pyrrole nitrogens is 1. The van der Waals surface area contributed by atoms with Gasteiger partial charge in [0.2, 0.25) is 0 Å². The van der Waals surface area contributed by atoms with Gasteiger partial charge in [-0.3, -0.25) is 0 Å². The first kappa shape index (κ1) is 25.4. The van der Waals surface area contributed by atoms with E-state index in [9.17, 15) is 0 Å². The zero-order chi connectivity index (χ0) is 27.7. The maximum atomic E-state index is 6.99. The molecule has 0 saturated heterocycles. The Morgan fingerprint density at radius 3 is 1.88 bits per heavy atom. The Morgan fingerprint density at radius 1 is 0.625 bits per heavy atom. The van der Waals surface area contributed by atoms with Crippen LogP contribution in [0.5, 0.6) is 0 Å². The molecule has 0 bridgehead atoms. The number of nitrogens with one attached hydrogen (secondary N) is 1. The summed E-state index contributed by atoms with van der Waals surface area (Å²) in [6.45, 7) is 9.02. The van der Waals surface area contributed by atoms with E-state index in [4.69, 9.17) is 23.2 Å². The van der Waals surface area contributed by atoms with Gasteiger partial charge in [-0.15, -0.1) is 0 Å². The monoisotopic (exact) mass is 559 g/mol. The number of fused-ring (bicyclic) bond motifs is 6. The van der Waals surface area contributed by atoms with Crippen LogP contribution in [0.4, 0.5) is 0 Å². The molecule has 0 fully saturated rings. The SMILES string of the molecule is CC(C)c1ccc2c(c1)-c1c(c(-c3ccccc3Cl)c3c([nH]c4ccc(C(C)C)cc43)c1-c1ccccc1Cl)C2. The van der Waals surface area contributed by atoms with Crippen LogP contribution in [0, 0.1) is 0 Å². The zero-order valence-corrected chi connectivity index (χ0v) is 24.7. The molecule has 1 aromatic heterocycles. The van der Waals surface area contributed by atoms with E-state index >= 15 is 0 Å². The van der Waals surface area contributed by atoms with Crippen LogP contribution in [0.15, 0.2) is 84.9 Å². The van der Waals surface area contributed by atoms with Gasteiger partial charge in [-0.2, -0.15) is 0 Å². The van der Waals surface area contributed by atoms with E-state index in [0.717, 1.165) is 38.6 Å². The summed E-state index contributed by atoms with van der Waals surface area (Å²) in [5.41, 5.74) is 14.7. The normalized spacial score (nSPS) is 12.6. The number of rotatable bonds is 4. The first-order chi connectivity index (χ1) is 19.3. The minimum absolute atomic E-state index is 0.425. The molecule has 0 spiro atoms. The van der Waals surface area contributed by atoms with E-state index in [1.54, 1.807) is 0 Å². The van der Waals surface area contributed by atoms with E-state index in [1.165, 1.54) is 55.3 Å². The Hall–Kier alpha value is -3.52. The fraction of sp³-hybridized carbons (Fsp3) is 0.189. The summed E-state index contributed by atoms with van der Waals surface area (Å²) in [4.78, 5) is 3.86. The molecule has 0 radical (unpaired) electrons. The van der Waals surface area contributed by atoms with Crippen molar-refractivity contribution in [3.8, 4) is 33.4 Å². The van der Waals surface area contributed by atoms with Crippen LogP contribution in [-0.4, -0.2) is 4.98 Å². The molecule has 0 amide bonds. The van der Waals surface area contributed by atoms with Gasteiger partial charge in [0, 0.05) is 43.0 Å². The van der Waals surface area contributed by atoms with Crippen molar-refractivity contribution in [1.29, 1.82) is 0 Å². The summed E-state index contributed by atoms with van der Waals surface area (Å²) in [5, 5.41) is 3.97. The molecule has 40 heavy (non-hydrogen) atoms. The minimum Gasteiger partial charge on any atom is -0.354 e. The molecule has 5 aromatic carbocycles. The van der Waals surface area contributed by atoms with Gasteiger partial charge in [0.1, 0.15) is 0 Å². The first-order valence-electron chi connectivity index (χ1n) is 14.1. The third kappa shape index (κ3) is 3.83. The van der Waals surface area contributed by atoms with Gasteiger partial charge < -0.3 is 4.98 Å².